The van der Waals surface area contributed by atoms with E-state index in [4.69, 9.17) is 9.15 Å². The van der Waals surface area contributed by atoms with Crippen molar-refractivity contribution in [3.05, 3.63) is 46.5 Å². The van der Waals surface area contributed by atoms with Crippen LogP contribution >= 0.6 is 0 Å². The van der Waals surface area contributed by atoms with Gasteiger partial charge in [0.15, 0.2) is 11.7 Å². The Balaban J connectivity index is 2.18. The first-order valence-electron chi connectivity index (χ1n) is 6.61. The van der Waals surface area contributed by atoms with Crippen LogP contribution in [0.3, 0.4) is 0 Å². The maximum Gasteiger partial charge on any atom is 0.311 e. The van der Waals surface area contributed by atoms with Gasteiger partial charge in [-0.15, -0.1) is 0 Å². The van der Waals surface area contributed by atoms with Gasteiger partial charge in [-0.25, -0.2) is 4.98 Å². The second-order valence-electron chi connectivity index (χ2n) is 5.47. The molecule has 0 N–H and O–H groups in total. The molecule has 116 valence electrons. The van der Waals surface area contributed by atoms with Gasteiger partial charge in [-0.1, -0.05) is 0 Å². The maximum atomic E-state index is 11.7. The molecule has 0 saturated carbocycles. The van der Waals surface area contributed by atoms with Crippen LogP contribution in [-0.4, -0.2) is 23.0 Å². The van der Waals surface area contributed by atoms with E-state index in [0.29, 0.717) is 23.6 Å². The van der Waals surface area contributed by atoms with Crippen LogP contribution in [0.4, 0.5) is 5.69 Å². The summed E-state index contributed by atoms with van der Waals surface area (Å²) >= 11 is 0. The molecule has 0 saturated heterocycles. The van der Waals surface area contributed by atoms with Crippen molar-refractivity contribution in [1.82, 2.24) is 4.98 Å². The topological polar surface area (TPSA) is 95.5 Å². The summed E-state index contributed by atoms with van der Waals surface area (Å²) in [6, 6.07) is 5.98. The lowest BCUT2D eigenvalue weighted by atomic mass is 9.89. The molecule has 1 aromatic heterocycles. The highest BCUT2D eigenvalue weighted by Crippen LogP contribution is 2.27. The van der Waals surface area contributed by atoms with Gasteiger partial charge in [-0.2, -0.15) is 0 Å². The van der Waals surface area contributed by atoms with Gasteiger partial charge in [0.2, 0.25) is 0 Å². The summed E-state index contributed by atoms with van der Waals surface area (Å²) in [6.07, 6.45) is 1.83. The molecule has 0 fully saturated rings. The molecule has 0 atom stereocenters. The van der Waals surface area contributed by atoms with Gasteiger partial charge in [0.25, 0.3) is 5.69 Å². The van der Waals surface area contributed by atoms with Gasteiger partial charge in [-0.05, 0) is 26.0 Å². The molecule has 0 amide bonds. The van der Waals surface area contributed by atoms with Crippen molar-refractivity contribution in [2.24, 2.45) is 5.41 Å². The Hall–Kier alpha value is -2.70. The zero-order chi connectivity index (χ0) is 16.3. The molecule has 0 aliphatic rings. The number of carbonyl (C=O) groups is 1. The lowest BCUT2D eigenvalue weighted by molar-refractivity contribution is -0.384. The zero-order valence-electron chi connectivity index (χ0n) is 12.5. The fourth-order valence-electron chi connectivity index (χ4n) is 2.00. The van der Waals surface area contributed by atoms with E-state index in [-0.39, 0.29) is 11.7 Å². The molecule has 0 aliphatic heterocycles. The van der Waals surface area contributed by atoms with E-state index >= 15 is 0 Å². The lowest BCUT2D eigenvalue weighted by Gasteiger charge is -2.18. The molecule has 22 heavy (non-hydrogen) atoms. The third-order valence-corrected chi connectivity index (χ3v) is 3.25. The average molecular weight is 304 g/mol. The maximum absolute atomic E-state index is 11.7. The van der Waals surface area contributed by atoms with E-state index in [2.05, 4.69) is 4.98 Å². The van der Waals surface area contributed by atoms with Gasteiger partial charge < -0.3 is 9.15 Å². The quantitative estimate of drug-likeness (QED) is 0.478. The number of oxazole rings is 1. The molecule has 1 aromatic carbocycles. The largest absolute Gasteiger partial charge is 0.469 e. The van der Waals surface area contributed by atoms with E-state index in [9.17, 15) is 14.9 Å². The highest BCUT2D eigenvalue weighted by molar-refractivity contribution is 5.76. The fraction of sp³-hybridized carbons (Fsp3) is 0.333. The van der Waals surface area contributed by atoms with Crippen molar-refractivity contribution in [3.63, 3.8) is 0 Å². The second kappa shape index (κ2) is 5.97. The monoisotopic (exact) mass is 304 g/mol. The smallest absolute Gasteiger partial charge is 0.311 e. The van der Waals surface area contributed by atoms with Crippen molar-refractivity contribution >= 4 is 11.7 Å². The number of nitrogens with zero attached hydrogens (tertiary/aromatic N) is 2. The predicted molar refractivity (Wildman–Crippen MR) is 78.1 cm³/mol. The molecule has 0 radical (unpaired) electrons. The Labute approximate surface area is 127 Å². The third-order valence-electron chi connectivity index (χ3n) is 3.25. The number of hydrogen-bond acceptors (Lipinski definition) is 6. The van der Waals surface area contributed by atoms with Crippen LogP contribution in [0.2, 0.25) is 0 Å². The minimum atomic E-state index is -0.744. The summed E-state index contributed by atoms with van der Waals surface area (Å²) in [4.78, 5) is 26.0. The van der Waals surface area contributed by atoms with Gasteiger partial charge in [-0.3, -0.25) is 14.9 Å². The van der Waals surface area contributed by atoms with E-state index < -0.39 is 10.3 Å². The highest BCUT2D eigenvalue weighted by Gasteiger charge is 2.31. The van der Waals surface area contributed by atoms with E-state index in [1.165, 1.54) is 25.4 Å². The van der Waals surface area contributed by atoms with Crippen molar-refractivity contribution in [1.29, 1.82) is 0 Å². The molecule has 2 rings (SSSR count). The number of nitro groups is 1. The first kappa shape index (κ1) is 15.7. The number of benzene rings is 1. The molecule has 0 spiro atoms. The van der Waals surface area contributed by atoms with Crippen LogP contribution in [0.5, 0.6) is 0 Å². The van der Waals surface area contributed by atoms with E-state index in [1.54, 1.807) is 26.0 Å². The summed E-state index contributed by atoms with van der Waals surface area (Å²) in [5.74, 6) is 0.553. The van der Waals surface area contributed by atoms with Gasteiger partial charge in [0, 0.05) is 24.1 Å². The number of aromatic nitrogens is 1. The van der Waals surface area contributed by atoms with Gasteiger partial charge in [0.05, 0.1) is 23.6 Å². The van der Waals surface area contributed by atoms with Crippen LogP contribution in [0.1, 0.15) is 19.7 Å². The normalized spacial score (nSPS) is 11.2. The molecule has 0 bridgehead atoms. The van der Waals surface area contributed by atoms with Crippen molar-refractivity contribution in [2.75, 3.05) is 7.11 Å². The Morgan fingerprint density at radius 3 is 2.55 bits per heavy atom. The molecule has 1 heterocycles. The van der Waals surface area contributed by atoms with E-state index in [0.717, 1.165) is 0 Å². The molecule has 7 nitrogen and oxygen atoms in total. The number of hydrogen-bond donors (Lipinski definition) is 0. The molecular weight excluding hydrogens is 288 g/mol. The number of non-ortho nitro benzene ring substituents is 1. The molecule has 2 aromatic rings. The minimum Gasteiger partial charge on any atom is -0.469 e. The molecule has 0 aliphatic carbocycles. The summed E-state index contributed by atoms with van der Waals surface area (Å²) in [5, 5.41) is 10.6. The molecule has 0 unspecified atom stereocenters. The minimum absolute atomic E-state index is 0.00955. The van der Waals surface area contributed by atoms with Crippen molar-refractivity contribution in [3.8, 4) is 11.3 Å². The fourth-order valence-corrected chi connectivity index (χ4v) is 2.00. The Morgan fingerprint density at radius 2 is 2.00 bits per heavy atom. The molecular formula is C15H16N2O5. The Kier molecular flexibility index (Phi) is 4.25. The predicted octanol–water partition coefficient (Wildman–Crippen LogP) is 2.99. The first-order chi connectivity index (χ1) is 10.3. The Bertz CT molecular complexity index is 688. The van der Waals surface area contributed by atoms with Crippen LogP contribution in [0.25, 0.3) is 11.3 Å². The SMILES string of the molecule is COC(=O)C(C)(C)Cc1ncc(-c2ccc([N+](=O)[O-])cc2)o1. The van der Waals surface area contributed by atoms with Gasteiger partial charge >= 0.3 is 5.97 Å². The second-order valence-corrected chi connectivity index (χ2v) is 5.47. The van der Waals surface area contributed by atoms with Crippen LogP contribution < -0.4 is 0 Å². The average Bonchev–Trinajstić information content (AvgIpc) is 2.94. The summed E-state index contributed by atoms with van der Waals surface area (Å²) in [5.41, 5.74) is -0.0534. The standard InChI is InChI=1S/C15H16N2O5/c1-15(2,14(18)21-3)8-13-16-9-12(22-13)10-4-6-11(7-5-10)17(19)20/h4-7,9H,8H2,1-3H3. The zero-order valence-corrected chi connectivity index (χ0v) is 12.5. The number of nitro benzene ring substituents is 1. The van der Waals surface area contributed by atoms with Gasteiger partial charge in [0.1, 0.15) is 0 Å². The number of rotatable bonds is 5. The van der Waals surface area contributed by atoms with Crippen LogP contribution in [0, 0.1) is 15.5 Å². The molecule has 7 heteroatoms. The number of carbonyl (C=O) groups excluding carboxylic acids is 1. The third kappa shape index (κ3) is 3.30. The van der Waals surface area contributed by atoms with Crippen LogP contribution in [0.15, 0.2) is 34.9 Å². The summed E-state index contributed by atoms with van der Waals surface area (Å²) in [7, 11) is 1.34. The lowest BCUT2D eigenvalue weighted by Crippen LogP contribution is -2.28. The number of methoxy groups -OCH3 is 1. The number of ether oxygens (including phenoxy) is 1. The first-order valence-corrected chi connectivity index (χ1v) is 6.61. The van der Waals surface area contributed by atoms with Crippen molar-refractivity contribution < 1.29 is 18.9 Å². The van der Waals surface area contributed by atoms with Crippen molar-refractivity contribution in [2.45, 2.75) is 20.3 Å². The van der Waals surface area contributed by atoms with Crippen LogP contribution in [-0.2, 0) is 16.0 Å². The van der Waals surface area contributed by atoms with E-state index in [1.807, 2.05) is 0 Å². The summed E-state index contributed by atoms with van der Waals surface area (Å²) < 4.78 is 10.4. The Morgan fingerprint density at radius 1 is 1.36 bits per heavy atom. The highest BCUT2D eigenvalue weighted by atomic mass is 16.6. The summed E-state index contributed by atoms with van der Waals surface area (Å²) in [6.45, 7) is 3.49. The number of esters is 1.